The Hall–Kier alpha value is -2.72. The number of carbonyl (C=O) groups excluding carboxylic acids is 1. The lowest BCUT2D eigenvalue weighted by atomic mass is 9.86. The largest absolute Gasteiger partial charge is 0.506 e. The van der Waals surface area contributed by atoms with Gasteiger partial charge in [0.2, 0.25) is 0 Å². The van der Waals surface area contributed by atoms with E-state index in [1.165, 1.54) is 6.07 Å². The highest BCUT2D eigenvalue weighted by molar-refractivity contribution is 7.92. The van der Waals surface area contributed by atoms with Crippen LogP contribution < -0.4 is 9.03 Å². The van der Waals surface area contributed by atoms with Crippen LogP contribution in [0.15, 0.2) is 30.5 Å². The molecule has 1 aliphatic carbocycles. The number of halogens is 1. The smallest absolute Gasteiger partial charge is 0.326 e. The lowest BCUT2D eigenvalue weighted by Gasteiger charge is -2.36. The maximum Gasteiger partial charge on any atom is 0.326 e. The van der Waals surface area contributed by atoms with Crippen molar-refractivity contribution in [2.24, 2.45) is 5.92 Å². The number of anilines is 1. The molecule has 178 valence electrons. The molecular formula is C23H29FN4O4S. The van der Waals surface area contributed by atoms with Crippen LogP contribution in [0.5, 0.6) is 5.75 Å². The topological polar surface area (TPSA) is 103 Å². The first kappa shape index (κ1) is 23.4. The fourth-order valence-corrected chi connectivity index (χ4v) is 5.69. The van der Waals surface area contributed by atoms with Crippen LogP contribution in [0.1, 0.15) is 43.5 Å². The molecule has 1 saturated heterocycles. The summed E-state index contributed by atoms with van der Waals surface area (Å²) in [7, 11) is -4.23. The Kier molecular flexibility index (Phi) is 6.58. The summed E-state index contributed by atoms with van der Waals surface area (Å²) in [6.07, 6.45) is 4.48. The molecule has 1 unspecified atom stereocenters. The van der Waals surface area contributed by atoms with Gasteiger partial charge >= 0.3 is 10.2 Å². The van der Waals surface area contributed by atoms with Gasteiger partial charge in [0.25, 0.3) is 5.91 Å². The molecular weight excluding hydrogens is 447 g/mol. The van der Waals surface area contributed by atoms with Crippen molar-refractivity contribution in [2.75, 3.05) is 17.4 Å². The molecule has 2 aromatic rings. The Labute approximate surface area is 193 Å². The minimum absolute atomic E-state index is 0.0418. The van der Waals surface area contributed by atoms with Gasteiger partial charge in [-0.25, -0.2) is 13.4 Å². The summed E-state index contributed by atoms with van der Waals surface area (Å²) in [5.74, 6) is -1.51. The molecule has 33 heavy (non-hydrogen) atoms. The fourth-order valence-electron chi connectivity index (χ4n) is 4.53. The minimum atomic E-state index is -4.23. The number of aromatic hydroxyl groups is 1. The number of phenolic OH excluding ortho intramolecular Hbond substituents is 1. The average Bonchev–Trinajstić information content (AvgIpc) is 3.03. The number of benzene rings is 1. The minimum Gasteiger partial charge on any atom is -0.506 e. The van der Waals surface area contributed by atoms with Crippen LogP contribution in [0.2, 0.25) is 0 Å². The first-order valence-electron chi connectivity index (χ1n) is 11.2. The maximum absolute atomic E-state index is 15.7. The van der Waals surface area contributed by atoms with Crippen molar-refractivity contribution in [3.8, 4) is 5.75 Å². The Balaban J connectivity index is 1.65. The van der Waals surface area contributed by atoms with Gasteiger partial charge in [-0.15, -0.1) is 0 Å². The second-order valence-corrected chi connectivity index (χ2v) is 10.7. The Morgan fingerprint density at radius 3 is 2.79 bits per heavy atom. The highest BCUT2D eigenvalue weighted by atomic mass is 32.2. The molecule has 1 aromatic carbocycles. The van der Waals surface area contributed by atoms with Crippen LogP contribution in [-0.2, 0) is 34.4 Å². The van der Waals surface area contributed by atoms with Crippen molar-refractivity contribution < 1.29 is 22.7 Å². The molecule has 1 aromatic heterocycles. The molecule has 1 fully saturated rings. The number of nitrogens with zero attached hydrogens (tertiary/aromatic N) is 3. The molecule has 2 heterocycles. The van der Waals surface area contributed by atoms with E-state index >= 15 is 4.39 Å². The van der Waals surface area contributed by atoms with E-state index in [1.54, 1.807) is 6.20 Å². The molecule has 4 rings (SSSR count). The summed E-state index contributed by atoms with van der Waals surface area (Å²) in [6.45, 7) is 5.24. The third-order valence-corrected chi connectivity index (χ3v) is 7.65. The van der Waals surface area contributed by atoms with Crippen molar-refractivity contribution in [2.45, 2.75) is 52.1 Å². The summed E-state index contributed by atoms with van der Waals surface area (Å²) in [6, 6.07) is 7.26. The van der Waals surface area contributed by atoms with Gasteiger partial charge in [-0.1, -0.05) is 19.9 Å². The van der Waals surface area contributed by atoms with Gasteiger partial charge in [0.1, 0.15) is 18.0 Å². The molecule has 0 bridgehead atoms. The van der Waals surface area contributed by atoms with Crippen LogP contribution in [0.3, 0.4) is 0 Å². The lowest BCUT2D eigenvalue weighted by molar-refractivity contribution is -0.117. The maximum atomic E-state index is 15.7. The van der Waals surface area contributed by atoms with Gasteiger partial charge in [-0.2, -0.15) is 8.42 Å². The Morgan fingerprint density at radius 1 is 1.36 bits per heavy atom. The summed E-state index contributed by atoms with van der Waals surface area (Å²) in [5.41, 5.74) is 1.53. The zero-order chi connectivity index (χ0) is 23.8. The number of pyridine rings is 1. The van der Waals surface area contributed by atoms with Crippen molar-refractivity contribution in [1.82, 2.24) is 14.6 Å². The van der Waals surface area contributed by atoms with Crippen molar-refractivity contribution >= 4 is 21.8 Å². The molecule has 2 N–H and O–H groups in total. The predicted molar refractivity (Wildman–Crippen MR) is 122 cm³/mol. The molecule has 0 spiro atoms. The van der Waals surface area contributed by atoms with Crippen molar-refractivity contribution in [3.63, 3.8) is 0 Å². The van der Waals surface area contributed by atoms with Crippen LogP contribution in [0.4, 0.5) is 10.1 Å². The predicted octanol–water partition coefficient (Wildman–Crippen LogP) is 2.51. The number of aryl methyl sites for hydroxylation is 1. The monoisotopic (exact) mass is 476 g/mol. The van der Waals surface area contributed by atoms with Gasteiger partial charge < -0.3 is 5.11 Å². The Bertz CT molecular complexity index is 1140. The number of aromatic nitrogens is 1. The number of fused-ring (bicyclic) bond motifs is 1. The van der Waals surface area contributed by atoms with Gasteiger partial charge in [-0.05, 0) is 67.5 Å². The van der Waals surface area contributed by atoms with Crippen LogP contribution in [-0.4, -0.2) is 48.4 Å². The molecule has 1 atom stereocenters. The number of amides is 1. The van der Waals surface area contributed by atoms with E-state index in [0.717, 1.165) is 25.1 Å². The van der Waals surface area contributed by atoms with E-state index in [0.29, 0.717) is 40.7 Å². The lowest BCUT2D eigenvalue weighted by Crippen LogP contribution is -2.40. The van der Waals surface area contributed by atoms with E-state index in [4.69, 9.17) is 0 Å². The van der Waals surface area contributed by atoms with Gasteiger partial charge in [-0.3, -0.25) is 14.7 Å². The van der Waals surface area contributed by atoms with Gasteiger partial charge in [0.05, 0.1) is 5.69 Å². The van der Waals surface area contributed by atoms with Crippen LogP contribution >= 0.6 is 0 Å². The average molecular weight is 477 g/mol. The molecule has 8 nitrogen and oxygen atoms in total. The van der Waals surface area contributed by atoms with E-state index < -0.39 is 39.9 Å². The third kappa shape index (κ3) is 4.96. The first-order valence-corrected chi connectivity index (χ1v) is 12.6. The fraction of sp³-hybridized carbons (Fsp3) is 0.478. The van der Waals surface area contributed by atoms with Crippen molar-refractivity contribution in [3.05, 3.63) is 53.1 Å². The number of carbonyl (C=O) groups is 1. The highest BCUT2D eigenvalue weighted by Gasteiger charge is 2.39. The zero-order valence-electron chi connectivity index (χ0n) is 18.8. The number of phenols is 1. The number of hydrogen-bond donors (Lipinski definition) is 2. The third-order valence-electron chi connectivity index (χ3n) is 6.27. The molecule has 1 aliphatic heterocycles. The highest BCUT2D eigenvalue weighted by Crippen LogP contribution is 2.40. The standard InChI is InChI=1S/C23H29FN4O4S/c1-15(2)8-10-27(13-17-5-3-4-9-25-17)18-7-6-16-11-20(29)23(22(24)19(16)12-18)28-14-21(30)26-33(28,31)32/h3-5,9,11,15,18,29H,6-8,10,12-14H2,1-2H3,(H,26,30). The summed E-state index contributed by atoms with van der Waals surface area (Å²) in [4.78, 5) is 18.4. The SMILES string of the molecule is CC(C)CCN(Cc1ccccn1)C1CCc2cc(O)c(N3CC(=O)NS3(=O)=O)c(F)c2C1. The van der Waals surface area contributed by atoms with E-state index in [2.05, 4.69) is 23.7 Å². The van der Waals surface area contributed by atoms with E-state index in [-0.39, 0.29) is 6.04 Å². The quantitative estimate of drug-likeness (QED) is 0.637. The molecule has 10 heteroatoms. The molecule has 1 amide bonds. The molecule has 0 radical (unpaired) electrons. The normalized spacial score (nSPS) is 19.7. The molecule has 2 aliphatic rings. The molecule has 0 saturated carbocycles. The Morgan fingerprint density at radius 2 is 2.15 bits per heavy atom. The van der Waals surface area contributed by atoms with E-state index in [9.17, 15) is 18.3 Å². The number of nitrogens with one attached hydrogen (secondary N) is 1. The van der Waals surface area contributed by atoms with Gasteiger partial charge in [0, 0.05) is 18.8 Å². The van der Waals surface area contributed by atoms with E-state index in [1.807, 2.05) is 22.9 Å². The number of hydrogen-bond acceptors (Lipinski definition) is 6. The summed E-state index contributed by atoms with van der Waals surface area (Å²) < 4.78 is 42.7. The summed E-state index contributed by atoms with van der Waals surface area (Å²) >= 11 is 0. The second kappa shape index (κ2) is 9.26. The second-order valence-electron chi connectivity index (χ2n) is 9.10. The first-order chi connectivity index (χ1) is 15.7. The zero-order valence-corrected chi connectivity index (χ0v) is 19.6. The van der Waals surface area contributed by atoms with Gasteiger partial charge in [0.15, 0.2) is 5.82 Å². The number of rotatable bonds is 7. The van der Waals surface area contributed by atoms with Crippen LogP contribution in [0.25, 0.3) is 0 Å². The van der Waals surface area contributed by atoms with Crippen LogP contribution in [0, 0.1) is 11.7 Å². The van der Waals surface area contributed by atoms with Crippen molar-refractivity contribution in [1.29, 1.82) is 0 Å². The summed E-state index contributed by atoms with van der Waals surface area (Å²) in [5, 5.41) is 10.4.